The summed E-state index contributed by atoms with van der Waals surface area (Å²) in [5.41, 5.74) is 3.53. The van der Waals surface area contributed by atoms with Crippen LogP contribution in [0.5, 0.6) is 0 Å². The summed E-state index contributed by atoms with van der Waals surface area (Å²) < 4.78 is 1.74. The van der Waals surface area contributed by atoms with Crippen molar-refractivity contribution in [1.82, 2.24) is 20.0 Å². The van der Waals surface area contributed by atoms with E-state index in [0.29, 0.717) is 37.2 Å². The molecule has 1 fully saturated rings. The van der Waals surface area contributed by atoms with E-state index in [9.17, 15) is 14.4 Å². The number of amides is 2. The second-order valence-corrected chi connectivity index (χ2v) is 7.49. The lowest BCUT2D eigenvalue weighted by molar-refractivity contribution is -0.131. The molecule has 1 aliphatic heterocycles. The summed E-state index contributed by atoms with van der Waals surface area (Å²) >= 11 is 0. The predicted octanol–water partition coefficient (Wildman–Crippen LogP) is 2.10. The van der Waals surface area contributed by atoms with E-state index in [-0.39, 0.29) is 30.0 Å². The van der Waals surface area contributed by atoms with Crippen molar-refractivity contribution in [3.05, 3.63) is 52.3 Å². The molecule has 0 atom stereocenters. The molecule has 0 saturated carbocycles. The van der Waals surface area contributed by atoms with Crippen molar-refractivity contribution < 1.29 is 19.5 Å². The number of hydrogen-bond donors (Lipinski definition) is 2. The lowest BCUT2D eigenvalue weighted by atomic mass is 10.0. The molecule has 2 amide bonds. The lowest BCUT2D eigenvalue weighted by Gasteiger charge is -2.32. The Morgan fingerprint density at radius 3 is 2.41 bits per heavy atom. The highest BCUT2D eigenvalue weighted by molar-refractivity contribution is 5.96. The number of carbonyl (C=O) groups excluding carboxylic acids is 2. The molecule has 2 aromatic rings. The van der Waals surface area contributed by atoms with Crippen LogP contribution in [0.1, 0.15) is 56.4 Å². The summed E-state index contributed by atoms with van der Waals surface area (Å²) in [7, 11) is 0. The number of carboxylic acids is 1. The number of carbonyl (C=O) groups is 3. The van der Waals surface area contributed by atoms with Gasteiger partial charge in [-0.15, -0.1) is 0 Å². The van der Waals surface area contributed by atoms with Gasteiger partial charge in [0.15, 0.2) is 0 Å². The Balaban J connectivity index is 1.51. The minimum atomic E-state index is -0.985. The molecule has 0 aliphatic carbocycles. The Labute approximate surface area is 169 Å². The first-order valence-corrected chi connectivity index (χ1v) is 9.68. The second kappa shape index (κ2) is 8.46. The van der Waals surface area contributed by atoms with Crippen molar-refractivity contribution in [2.45, 2.75) is 39.7 Å². The van der Waals surface area contributed by atoms with Gasteiger partial charge in [0.1, 0.15) is 5.56 Å². The van der Waals surface area contributed by atoms with Gasteiger partial charge in [-0.25, -0.2) is 4.79 Å². The SMILES string of the molecule is Cc1ccc(C(=O)NCC(=O)N2CCC(n3ncc(C(=O)O)c3C)CC2)cc1C. The van der Waals surface area contributed by atoms with Crippen LogP contribution in [0.2, 0.25) is 0 Å². The Morgan fingerprint density at radius 1 is 1.14 bits per heavy atom. The molecule has 1 saturated heterocycles. The average molecular weight is 398 g/mol. The van der Waals surface area contributed by atoms with Crippen molar-refractivity contribution in [1.29, 1.82) is 0 Å². The van der Waals surface area contributed by atoms with E-state index < -0.39 is 5.97 Å². The van der Waals surface area contributed by atoms with Crippen LogP contribution in [-0.4, -0.2) is 57.2 Å². The van der Waals surface area contributed by atoms with Gasteiger partial charge in [0, 0.05) is 18.7 Å². The third-order valence-electron chi connectivity index (χ3n) is 5.61. The minimum absolute atomic E-state index is 0.0413. The maximum absolute atomic E-state index is 12.5. The summed E-state index contributed by atoms with van der Waals surface area (Å²) in [6.45, 7) is 6.73. The van der Waals surface area contributed by atoms with Crippen molar-refractivity contribution in [3.63, 3.8) is 0 Å². The number of likely N-dealkylation sites (tertiary alicyclic amines) is 1. The van der Waals surface area contributed by atoms with E-state index in [4.69, 9.17) is 5.11 Å². The first kappa shape index (κ1) is 20.6. The van der Waals surface area contributed by atoms with Crippen LogP contribution in [0.25, 0.3) is 0 Å². The molecule has 8 heteroatoms. The Morgan fingerprint density at radius 2 is 1.83 bits per heavy atom. The molecule has 154 valence electrons. The van der Waals surface area contributed by atoms with Crippen LogP contribution in [0.4, 0.5) is 0 Å². The third kappa shape index (κ3) is 4.47. The molecular weight excluding hydrogens is 372 g/mol. The van der Waals surface area contributed by atoms with Gasteiger partial charge in [-0.3, -0.25) is 14.3 Å². The zero-order valence-electron chi connectivity index (χ0n) is 16.9. The first-order valence-electron chi connectivity index (χ1n) is 9.68. The van der Waals surface area contributed by atoms with Crippen LogP contribution in [0.15, 0.2) is 24.4 Å². The van der Waals surface area contributed by atoms with Gasteiger partial charge >= 0.3 is 5.97 Å². The van der Waals surface area contributed by atoms with Gasteiger partial charge in [0.2, 0.25) is 5.91 Å². The quantitative estimate of drug-likeness (QED) is 0.803. The smallest absolute Gasteiger partial charge is 0.339 e. The predicted molar refractivity (Wildman–Crippen MR) is 107 cm³/mol. The maximum atomic E-state index is 12.5. The van der Waals surface area contributed by atoms with Crippen LogP contribution in [0.3, 0.4) is 0 Å². The highest BCUT2D eigenvalue weighted by Crippen LogP contribution is 2.24. The molecular formula is C21H26N4O4. The van der Waals surface area contributed by atoms with Gasteiger partial charge < -0.3 is 15.3 Å². The fourth-order valence-corrected chi connectivity index (χ4v) is 3.61. The Hall–Kier alpha value is -3.16. The fourth-order valence-electron chi connectivity index (χ4n) is 3.61. The molecule has 1 aliphatic rings. The summed E-state index contributed by atoms with van der Waals surface area (Å²) in [6, 6.07) is 5.53. The highest BCUT2D eigenvalue weighted by atomic mass is 16.4. The van der Waals surface area contributed by atoms with Gasteiger partial charge in [0.05, 0.1) is 24.5 Å². The molecule has 8 nitrogen and oxygen atoms in total. The first-order chi connectivity index (χ1) is 13.8. The fraction of sp³-hybridized carbons (Fsp3) is 0.429. The lowest BCUT2D eigenvalue weighted by Crippen LogP contribution is -2.44. The van der Waals surface area contributed by atoms with Crippen LogP contribution in [0, 0.1) is 20.8 Å². The normalized spacial score (nSPS) is 14.7. The van der Waals surface area contributed by atoms with E-state index in [1.807, 2.05) is 26.0 Å². The molecule has 2 heterocycles. The number of nitrogens with zero attached hydrogens (tertiary/aromatic N) is 3. The largest absolute Gasteiger partial charge is 0.478 e. The molecule has 0 spiro atoms. The molecule has 0 unspecified atom stereocenters. The molecule has 1 aromatic heterocycles. The highest BCUT2D eigenvalue weighted by Gasteiger charge is 2.26. The average Bonchev–Trinajstić information content (AvgIpc) is 3.09. The number of aromatic carboxylic acids is 1. The summed E-state index contributed by atoms with van der Waals surface area (Å²) in [5.74, 6) is -1.37. The maximum Gasteiger partial charge on any atom is 0.339 e. The molecule has 1 aromatic carbocycles. The van der Waals surface area contributed by atoms with E-state index in [1.54, 1.807) is 22.6 Å². The van der Waals surface area contributed by atoms with Gasteiger partial charge in [-0.05, 0) is 56.9 Å². The molecule has 0 bridgehead atoms. The number of benzene rings is 1. The topological polar surface area (TPSA) is 105 Å². The van der Waals surface area contributed by atoms with E-state index in [0.717, 1.165) is 11.1 Å². The zero-order chi connectivity index (χ0) is 21.1. The summed E-state index contributed by atoms with van der Waals surface area (Å²) in [4.78, 5) is 37.7. The zero-order valence-corrected chi connectivity index (χ0v) is 16.9. The summed E-state index contributed by atoms with van der Waals surface area (Å²) in [6.07, 6.45) is 2.76. The number of piperidine rings is 1. The monoisotopic (exact) mass is 398 g/mol. The number of aromatic nitrogens is 2. The van der Waals surface area contributed by atoms with Crippen LogP contribution >= 0.6 is 0 Å². The third-order valence-corrected chi connectivity index (χ3v) is 5.61. The van der Waals surface area contributed by atoms with Crippen molar-refractivity contribution >= 4 is 17.8 Å². The number of aryl methyl sites for hydroxylation is 2. The number of nitrogens with one attached hydrogen (secondary N) is 1. The molecule has 0 radical (unpaired) electrons. The van der Waals surface area contributed by atoms with Crippen LogP contribution in [-0.2, 0) is 4.79 Å². The van der Waals surface area contributed by atoms with Gasteiger partial charge in [-0.2, -0.15) is 5.10 Å². The van der Waals surface area contributed by atoms with Crippen molar-refractivity contribution in [3.8, 4) is 0 Å². The van der Waals surface area contributed by atoms with Gasteiger partial charge in [0.25, 0.3) is 5.91 Å². The Kier molecular flexibility index (Phi) is 6.00. The second-order valence-electron chi connectivity index (χ2n) is 7.49. The van der Waals surface area contributed by atoms with Crippen LogP contribution < -0.4 is 5.32 Å². The number of hydrogen-bond acceptors (Lipinski definition) is 4. The Bertz CT molecular complexity index is 942. The van der Waals surface area contributed by atoms with E-state index >= 15 is 0 Å². The molecule has 3 rings (SSSR count). The molecule has 29 heavy (non-hydrogen) atoms. The summed E-state index contributed by atoms with van der Waals surface area (Å²) in [5, 5.41) is 16.1. The number of rotatable bonds is 5. The van der Waals surface area contributed by atoms with E-state index in [1.165, 1.54) is 6.20 Å². The van der Waals surface area contributed by atoms with Gasteiger partial charge in [-0.1, -0.05) is 6.07 Å². The van der Waals surface area contributed by atoms with Crippen molar-refractivity contribution in [2.24, 2.45) is 0 Å². The van der Waals surface area contributed by atoms with E-state index in [2.05, 4.69) is 10.4 Å². The van der Waals surface area contributed by atoms with Crippen molar-refractivity contribution in [2.75, 3.05) is 19.6 Å². The minimum Gasteiger partial charge on any atom is -0.478 e. The number of carboxylic acid groups (broad SMARTS) is 1. The molecule has 2 N–H and O–H groups in total. The standard InChI is InChI=1S/C21H26N4O4/c1-13-4-5-16(10-14(13)2)20(27)22-12-19(26)24-8-6-17(7-9-24)25-15(3)18(11-23-25)21(28)29/h4-5,10-11,17H,6-9,12H2,1-3H3,(H,22,27)(H,28,29).